The number of hydrogen-bond donors (Lipinski definition) is 1. The number of fused-ring (bicyclic) bond motifs is 2. The molecule has 0 bridgehead atoms. The van der Waals surface area contributed by atoms with Gasteiger partial charge < -0.3 is 24.4 Å². The van der Waals surface area contributed by atoms with Gasteiger partial charge in [0.1, 0.15) is 6.61 Å². The summed E-state index contributed by atoms with van der Waals surface area (Å²) in [7, 11) is 2.07. The van der Waals surface area contributed by atoms with Gasteiger partial charge in [0.15, 0.2) is 0 Å². The van der Waals surface area contributed by atoms with Crippen LogP contribution in [0, 0.1) is 0 Å². The molecule has 8 heteroatoms. The summed E-state index contributed by atoms with van der Waals surface area (Å²) in [4.78, 5) is 28.5. The summed E-state index contributed by atoms with van der Waals surface area (Å²) in [5, 5.41) is 4.94. The van der Waals surface area contributed by atoms with E-state index in [0.717, 1.165) is 37.4 Å². The molecule has 7 nitrogen and oxygen atoms in total. The number of aromatic nitrogens is 1. The van der Waals surface area contributed by atoms with E-state index in [2.05, 4.69) is 35.3 Å². The van der Waals surface area contributed by atoms with E-state index in [1.165, 1.54) is 16.5 Å². The fourth-order valence-corrected chi connectivity index (χ4v) is 5.35. The summed E-state index contributed by atoms with van der Waals surface area (Å²) in [6.45, 7) is 2.82. The number of nitrogens with zero attached hydrogens (tertiary/aromatic N) is 3. The second kappa shape index (κ2) is 7.78. The van der Waals surface area contributed by atoms with Crippen LogP contribution in [0.2, 0.25) is 5.02 Å². The molecule has 3 amide bonds. The minimum absolute atomic E-state index is 0.0238. The fraction of sp³-hybridized carbons (Fsp3) is 0.545. The number of benzene rings is 1. The van der Waals surface area contributed by atoms with Crippen LogP contribution in [0.4, 0.5) is 4.79 Å². The minimum atomic E-state index is -0.0958. The van der Waals surface area contributed by atoms with Crippen LogP contribution in [-0.4, -0.2) is 71.2 Å². The van der Waals surface area contributed by atoms with Crippen molar-refractivity contribution in [2.75, 3.05) is 32.8 Å². The van der Waals surface area contributed by atoms with Crippen molar-refractivity contribution in [2.45, 2.75) is 37.3 Å². The van der Waals surface area contributed by atoms with Crippen LogP contribution >= 0.6 is 11.6 Å². The molecule has 2 atom stereocenters. The van der Waals surface area contributed by atoms with Crippen molar-refractivity contribution in [3.05, 3.63) is 35.0 Å². The number of halogens is 1. The second-order valence-electron chi connectivity index (χ2n) is 8.66. The lowest BCUT2D eigenvalue weighted by atomic mass is 9.89. The van der Waals surface area contributed by atoms with E-state index >= 15 is 0 Å². The summed E-state index contributed by atoms with van der Waals surface area (Å²) in [5.41, 5.74) is 2.51. The van der Waals surface area contributed by atoms with Crippen LogP contribution in [-0.2, 0) is 16.6 Å². The average Bonchev–Trinajstić information content (AvgIpc) is 3.08. The zero-order chi connectivity index (χ0) is 20.8. The van der Waals surface area contributed by atoms with Crippen molar-refractivity contribution in [2.24, 2.45) is 7.05 Å². The number of rotatable bonds is 1. The standard InChI is InChI=1S/C22H27ClN4O3/c1-25-11-17(16-10-15(23)2-3-19(16)25)14-4-7-26(8-5-14)22(29)27-9-6-20-18(12-27)24-21(28)13-30-20/h2-3,10-11,14,18,20H,4-9,12-13H2,1H3,(H,24,28). The molecule has 1 aromatic heterocycles. The number of aryl methyl sites for hydroxylation is 1. The molecule has 0 aliphatic carbocycles. The highest BCUT2D eigenvalue weighted by atomic mass is 35.5. The van der Waals surface area contributed by atoms with Crippen LogP contribution in [0.1, 0.15) is 30.7 Å². The van der Waals surface area contributed by atoms with Crippen LogP contribution in [0.3, 0.4) is 0 Å². The third kappa shape index (κ3) is 3.54. The van der Waals surface area contributed by atoms with Crippen LogP contribution in [0.15, 0.2) is 24.4 Å². The maximum atomic E-state index is 13.1. The fourth-order valence-electron chi connectivity index (χ4n) is 5.18. The Hall–Kier alpha value is -2.25. The molecule has 3 fully saturated rings. The maximum Gasteiger partial charge on any atom is 0.320 e. The number of carbonyl (C=O) groups excluding carboxylic acids is 2. The summed E-state index contributed by atoms with van der Waals surface area (Å²) < 4.78 is 7.76. The number of hydrogen-bond acceptors (Lipinski definition) is 3. The number of urea groups is 1. The summed E-state index contributed by atoms with van der Waals surface area (Å²) >= 11 is 6.24. The Morgan fingerprint density at radius 2 is 1.93 bits per heavy atom. The highest BCUT2D eigenvalue weighted by Gasteiger charge is 2.38. The first-order valence-electron chi connectivity index (χ1n) is 10.7. The highest BCUT2D eigenvalue weighted by molar-refractivity contribution is 6.31. The van der Waals surface area contributed by atoms with Gasteiger partial charge in [0.05, 0.1) is 12.1 Å². The molecular formula is C22H27ClN4O3. The van der Waals surface area contributed by atoms with E-state index in [-0.39, 0.29) is 30.7 Å². The predicted molar refractivity (Wildman–Crippen MR) is 115 cm³/mol. The minimum Gasteiger partial charge on any atom is -0.366 e. The van der Waals surface area contributed by atoms with Crippen molar-refractivity contribution < 1.29 is 14.3 Å². The topological polar surface area (TPSA) is 66.8 Å². The van der Waals surface area contributed by atoms with Crippen LogP contribution in [0.5, 0.6) is 0 Å². The Morgan fingerprint density at radius 3 is 2.73 bits per heavy atom. The van der Waals surface area contributed by atoms with Crippen molar-refractivity contribution >= 4 is 34.4 Å². The molecule has 3 saturated heterocycles. The molecule has 3 aliphatic heterocycles. The zero-order valence-electron chi connectivity index (χ0n) is 17.1. The van der Waals surface area contributed by atoms with Crippen LogP contribution < -0.4 is 5.32 Å². The number of carbonyl (C=O) groups is 2. The molecular weight excluding hydrogens is 404 g/mol. The lowest BCUT2D eigenvalue weighted by molar-refractivity contribution is -0.139. The van der Waals surface area contributed by atoms with Gasteiger partial charge >= 0.3 is 6.03 Å². The Morgan fingerprint density at radius 1 is 1.17 bits per heavy atom. The molecule has 0 saturated carbocycles. The Balaban J connectivity index is 1.24. The largest absolute Gasteiger partial charge is 0.366 e. The Kier molecular flexibility index (Phi) is 5.11. The van der Waals surface area contributed by atoms with E-state index in [4.69, 9.17) is 16.3 Å². The van der Waals surface area contributed by atoms with Gasteiger partial charge in [0, 0.05) is 55.3 Å². The molecule has 0 spiro atoms. The van der Waals surface area contributed by atoms with Gasteiger partial charge in [-0.3, -0.25) is 4.79 Å². The smallest absolute Gasteiger partial charge is 0.320 e. The normalized spacial score (nSPS) is 25.3. The monoisotopic (exact) mass is 430 g/mol. The van der Waals surface area contributed by atoms with Gasteiger partial charge in [0.25, 0.3) is 0 Å². The third-order valence-corrected chi connectivity index (χ3v) is 7.02. The van der Waals surface area contributed by atoms with E-state index in [1.807, 2.05) is 15.9 Å². The molecule has 30 heavy (non-hydrogen) atoms. The average molecular weight is 431 g/mol. The van der Waals surface area contributed by atoms with Gasteiger partial charge in [-0.2, -0.15) is 0 Å². The van der Waals surface area contributed by atoms with E-state index < -0.39 is 0 Å². The van der Waals surface area contributed by atoms with Crippen molar-refractivity contribution in [3.8, 4) is 0 Å². The van der Waals surface area contributed by atoms with Gasteiger partial charge in [-0.05, 0) is 48.9 Å². The number of piperidine rings is 2. The van der Waals surface area contributed by atoms with Gasteiger partial charge in [0.2, 0.25) is 5.91 Å². The van der Waals surface area contributed by atoms with Gasteiger partial charge in [-0.1, -0.05) is 11.6 Å². The number of ether oxygens (including phenoxy) is 1. The number of nitrogens with one attached hydrogen (secondary N) is 1. The van der Waals surface area contributed by atoms with Crippen molar-refractivity contribution in [1.29, 1.82) is 0 Å². The molecule has 1 aromatic carbocycles. The molecule has 160 valence electrons. The molecule has 5 rings (SSSR count). The lowest BCUT2D eigenvalue weighted by Crippen LogP contribution is -2.62. The maximum absolute atomic E-state index is 13.1. The SMILES string of the molecule is Cn1cc(C2CCN(C(=O)N3CCC4OCC(=O)NC4C3)CC2)c2cc(Cl)ccc21. The lowest BCUT2D eigenvalue weighted by Gasteiger charge is -2.43. The second-order valence-corrected chi connectivity index (χ2v) is 9.10. The quantitative estimate of drug-likeness (QED) is 0.756. The van der Waals surface area contributed by atoms with Crippen molar-refractivity contribution in [3.63, 3.8) is 0 Å². The summed E-state index contributed by atoms with van der Waals surface area (Å²) in [6.07, 6.45) is 4.88. The first-order chi connectivity index (χ1) is 14.5. The van der Waals surface area contributed by atoms with E-state index in [0.29, 0.717) is 19.0 Å². The molecule has 0 radical (unpaired) electrons. The first kappa shape index (κ1) is 19.7. The van der Waals surface area contributed by atoms with E-state index in [9.17, 15) is 9.59 Å². The number of amides is 3. The molecule has 4 heterocycles. The highest BCUT2D eigenvalue weighted by Crippen LogP contribution is 2.35. The van der Waals surface area contributed by atoms with Gasteiger partial charge in [-0.15, -0.1) is 0 Å². The Bertz CT molecular complexity index is 982. The third-order valence-electron chi connectivity index (χ3n) is 6.78. The predicted octanol–water partition coefficient (Wildman–Crippen LogP) is 2.72. The molecule has 2 unspecified atom stereocenters. The molecule has 2 aromatic rings. The van der Waals surface area contributed by atoms with Gasteiger partial charge in [-0.25, -0.2) is 4.79 Å². The summed E-state index contributed by atoms with van der Waals surface area (Å²) in [6, 6.07) is 6.03. The van der Waals surface area contributed by atoms with Crippen LogP contribution in [0.25, 0.3) is 10.9 Å². The summed E-state index contributed by atoms with van der Waals surface area (Å²) in [5.74, 6) is 0.328. The Labute approximate surface area is 180 Å². The number of morpholine rings is 1. The van der Waals surface area contributed by atoms with E-state index in [1.54, 1.807) is 0 Å². The zero-order valence-corrected chi connectivity index (χ0v) is 17.9. The first-order valence-corrected chi connectivity index (χ1v) is 11.1. The molecule has 1 N–H and O–H groups in total. The molecule has 3 aliphatic rings. The van der Waals surface area contributed by atoms with Crippen molar-refractivity contribution in [1.82, 2.24) is 19.7 Å². The number of likely N-dealkylation sites (tertiary alicyclic amines) is 2.